The number of likely N-dealkylation sites (tertiary alicyclic amines) is 1. The van der Waals surface area contributed by atoms with Crippen LogP contribution in [-0.4, -0.2) is 40.1 Å². The number of aliphatic carboxylic acids is 1. The zero-order chi connectivity index (χ0) is 13.1. The Hall–Kier alpha value is -1.70. The molecule has 0 radical (unpaired) electrons. The quantitative estimate of drug-likeness (QED) is 0.722. The first kappa shape index (κ1) is 13.4. The second-order valence-electron chi connectivity index (χ2n) is 4.41. The van der Waals surface area contributed by atoms with Gasteiger partial charge in [-0.15, -0.1) is 6.42 Å². The van der Waals surface area contributed by atoms with E-state index in [-0.39, 0.29) is 6.04 Å². The molecule has 1 saturated heterocycles. The Morgan fingerprint density at radius 1 is 1.65 bits per heavy atom. The highest BCUT2D eigenvalue weighted by atomic mass is 16.4. The fourth-order valence-electron chi connectivity index (χ4n) is 2.00. The maximum absolute atomic E-state index is 11.9. The number of carbonyl (C=O) groups is 2. The van der Waals surface area contributed by atoms with Gasteiger partial charge in [0.1, 0.15) is 5.54 Å². The number of carboxylic acid groups (broad SMARTS) is 1. The van der Waals surface area contributed by atoms with Crippen molar-refractivity contribution in [2.24, 2.45) is 0 Å². The molecule has 2 atom stereocenters. The third-order valence-electron chi connectivity index (χ3n) is 3.25. The second kappa shape index (κ2) is 5.09. The minimum Gasteiger partial charge on any atom is -0.480 e. The number of urea groups is 1. The minimum absolute atomic E-state index is 0.346. The van der Waals surface area contributed by atoms with E-state index in [2.05, 4.69) is 11.2 Å². The summed E-state index contributed by atoms with van der Waals surface area (Å²) in [4.78, 5) is 24.5. The van der Waals surface area contributed by atoms with Gasteiger partial charge in [0.15, 0.2) is 0 Å². The summed E-state index contributed by atoms with van der Waals surface area (Å²) in [5.74, 6) is 1.48. The van der Waals surface area contributed by atoms with E-state index in [1.54, 1.807) is 6.92 Å². The number of carbonyl (C=O) groups excluding carboxylic acids is 1. The Bertz CT molecular complexity index is 361. The zero-order valence-corrected chi connectivity index (χ0v) is 10.2. The van der Waals surface area contributed by atoms with Gasteiger partial charge in [-0.3, -0.25) is 0 Å². The number of hydrogen-bond acceptors (Lipinski definition) is 2. The van der Waals surface area contributed by atoms with Gasteiger partial charge in [-0.05, 0) is 26.2 Å². The van der Waals surface area contributed by atoms with E-state index in [9.17, 15) is 14.7 Å². The van der Waals surface area contributed by atoms with E-state index in [1.807, 2.05) is 6.92 Å². The molecule has 1 rings (SSSR count). The molecule has 94 valence electrons. The fourth-order valence-corrected chi connectivity index (χ4v) is 2.00. The third-order valence-corrected chi connectivity index (χ3v) is 3.25. The molecule has 17 heavy (non-hydrogen) atoms. The highest BCUT2D eigenvalue weighted by molar-refractivity contribution is 5.86. The average Bonchev–Trinajstić information content (AvgIpc) is 2.69. The van der Waals surface area contributed by atoms with Crippen molar-refractivity contribution in [3.8, 4) is 12.3 Å². The summed E-state index contributed by atoms with van der Waals surface area (Å²) in [7, 11) is 0. The van der Waals surface area contributed by atoms with E-state index < -0.39 is 17.5 Å². The Morgan fingerprint density at radius 3 is 2.76 bits per heavy atom. The summed E-state index contributed by atoms with van der Waals surface area (Å²) in [5.41, 5.74) is -1.11. The van der Waals surface area contributed by atoms with Crippen molar-refractivity contribution in [1.82, 2.24) is 10.2 Å². The fraction of sp³-hybridized carbons (Fsp3) is 0.667. The first-order chi connectivity index (χ1) is 7.95. The molecular weight excluding hydrogens is 220 g/mol. The number of nitrogens with one attached hydrogen (secondary N) is 1. The van der Waals surface area contributed by atoms with Crippen LogP contribution in [0.25, 0.3) is 0 Å². The molecule has 0 aromatic heterocycles. The van der Waals surface area contributed by atoms with E-state index in [0.29, 0.717) is 25.8 Å². The highest BCUT2D eigenvalue weighted by Crippen LogP contribution is 2.29. The maximum atomic E-state index is 11.9. The monoisotopic (exact) mass is 238 g/mol. The molecule has 2 N–H and O–H groups in total. The molecule has 5 nitrogen and oxygen atoms in total. The van der Waals surface area contributed by atoms with Gasteiger partial charge in [-0.1, -0.05) is 12.8 Å². The molecule has 0 bridgehead atoms. The van der Waals surface area contributed by atoms with Crippen LogP contribution in [-0.2, 0) is 4.79 Å². The van der Waals surface area contributed by atoms with Gasteiger partial charge in [0.2, 0.25) is 0 Å². The van der Waals surface area contributed by atoms with Crippen LogP contribution in [0.1, 0.15) is 33.1 Å². The molecule has 0 aromatic carbocycles. The first-order valence-electron chi connectivity index (χ1n) is 5.73. The van der Waals surface area contributed by atoms with Gasteiger partial charge >= 0.3 is 12.0 Å². The number of terminal acetylenes is 1. The smallest absolute Gasteiger partial charge is 0.329 e. The molecule has 0 saturated carbocycles. The van der Waals surface area contributed by atoms with Crippen LogP contribution in [0.15, 0.2) is 0 Å². The summed E-state index contributed by atoms with van der Waals surface area (Å²) in [5, 5.41) is 11.8. The van der Waals surface area contributed by atoms with Crippen molar-refractivity contribution in [1.29, 1.82) is 0 Å². The Kier molecular flexibility index (Phi) is 4.00. The van der Waals surface area contributed by atoms with Crippen LogP contribution in [0.5, 0.6) is 0 Å². The van der Waals surface area contributed by atoms with Crippen molar-refractivity contribution in [3.05, 3.63) is 0 Å². The highest BCUT2D eigenvalue weighted by Gasteiger charge is 2.46. The van der Waals surface area contributed by atoms with Gasteiger partial charge in [0.25, 0.3) is 0 Å². The molecule has 0 spiro atoms. The topological polar surface area (TPSA) is 69.6 Å². The van der Waals surface area contributed by atoms with E-state index >= 15 is 0 Å². The standard InChI is InChI=1S/C12H18N2O3/c1-4-9(5-2)13-11(17)14-8-6-7-12(14,3)10(15)16/h1,9H,5-8H2,2-3H3,(H,13,17)(H,15,16). The van der Waals surface area contributed by atoms with E-state index in [1.165, 1.54) is 4.90 Å². The molecule has 0 aliphatic carbocycles. The summed E-state index contributed by atoms with van der Waals surface area (Å²) < 4.78 is 0. The van der Waals surface area contributed by atoms with Crippen molar-refractivity contribution >= 4 is 12.0 Å². The molecule has 2 unspecified atom stereocenters. The zero-order valence-electron chi connectivity index (χ0n) is 10.2. The Morgan fingerprint density at radius 2 is 2.29 bits per heavy atom. The molecule has 0 aromatic rings. The largest absolute Gasteiger partial charge is 0.480 e. The lowest BCUT2D eigenvalue weighted by atomic mass is 10.00. The Labute approximate surface area is 101 Å². The number of rotatable bonds is 3. The SMILES string of the molecule is C#CC(CC)NC(=O)N1CCCC1(C)C(=O)O. The summed E-state index contributed by atoms with van der Waals surface area (Å²) in [6, 6.07) is -0.738. The molecule has 1 aliphatic rings. The van der Waals surface area contributed by atoms with Gasteiger partial charge < -0.3 is 15.3 Å². The van der Waals surface area contributed by atoms with Gasteiger partial charge in [-0.25, -0.2) is 9.59 Å². The lowest BCUT2D eigenvalue weighted by Gasteiger charge is -2.31. The first-order valence-corrected chi connectivity index (χ1v) is 5.73. The van der Waals surface area contributed by atoms with Gasteiger partial charge in [0.05, 0.1) is 6.04 Å². The van der Waals surface area contributed by atoms with E-state index in [4.69, 9.17) is 6.42 Å². The van der Waals surface area contributed by atoms with Gasteiger partial charge in [0, 0.05) is 6.54 Å². The molecular formula is C12H18N2O3. The van der Waals surface area contributed by atoms with Crippen LogP contribution in [0.3, 0.4) is 0 Å². The third kappa shape index (κ3) is 2.52. The van der Waals surface area contributed by atoms with Crippen LogP contribution in [0, 0.1) is 12.3 Å². The number of carboxylic acids is 1. The predicted molar refractivity (Wildman–Crippen MR) is 63.4 cm³/mol. The average molecular weight is 238 g/mol. The van der Waals surface area contributed by atoms with Crippen molar-refractivity contribution < 1.29 is 14.7 Å². The lowest BCUT2D eigenvalue weighted by Crippen LogP contribution is -2.55. The Balaban J connectivity index is 2.76. The maximum Gasteiger partial charge on any atom is 0.329 e. The van der Waals surface area contributed by atoms with E-state index in [0.717, 1.165) is 0 Å². The second-order valence-corrected chi connectivity index (χ2v) is 4.41. The molecule has 1 aliphatic heterocycles. The molecule has 1 fully saturated rings. The van der Waals surface area contributed by atoms with Crippen molar-refractivity contribution in [3.63, 3.8) is 0 Å². The van der Waals surface area contributed by atoms with Gasteiger partial charge in [-0.2, -0.15) is 0 Å². The molecule has 2 amide bonds. The summed E-state index contributed by atoms with van der Waals surface area (Å²) in [6.45, 7) is 3.89. The summed E-state index contributed by atoms with van der Waals surface area (Å²) in [6.07, 6.45) is 7.06. The predicted octanol–water partition coefficient (Wildman–Crippen LogP) is 1.05. The number of nitrogens with zero attached hydrogens (tertiary/aromatic N) is 1. The number of hydrogen-bond donors (Lipinski definition) is 2. The van der Waals surface area contributed by atoms with Crippen molar-refractivity contribution in [2.45, 2.75) is 44.7 Å². The summed E-state index contributed by atoms with van der Waals surface area (Å²) >= 11 is 0. The van der Waals surface area contributed by atoms with Crippen LogP contribution in [0.2, 0.25) is 0 Å². The number of amides is 2. The van der Waals surface area contributed by atoms with Crippen LogP contribution >= 0.6 is 0 Å². The molecule has 1 heterocycles. The minimum atomic E-state index is -1.11. The lowest BCUT2D eigenvalue weighted by molar-refractivity contribution is -0.147. The normalized spacial score (nSPS) is 25.1. The van der Waals surface area contributed by atoms with Crippen LogP contribution < -0.4 is 5.32 Å². The van der Waals surface area contributed by atoms with Crippen LogP contribution in [0.4, 0.5) is 4.79 Å². The molecule has 5 heteroatoms. The van der Waals surface area contributed by atoms with Crippen molar-refractivity contribution in [2.75, 3.05) is 6.54 Å².